The number of fused-ring (bicyclic) bond motifs is 1. The minimum atomic E-state index is 0.0139. The van der Waals surface area contributed by atoms with Crippen molar-refractivity contribution in [2.45, 2.75) is 38.1 Å². The highest BCUT2D eigenvalue weighted by atomic mass is 32.2. The zero-order chi connectivity index (χ0) is 16.7. The minimum absolute atomic E-state index is 0.0139. The third kappa shape index (κ3) is 5.06. The topological polar surface area (TPSA) is 53.3 Å². The Morgan fingerprint density at radius 3 is 2.78 bits per heavy atom. The summed E-state index contributed by atoms with van der Waals surface area (Å²) in [5.74, 6) is 0.768. The smallest absolute Gasteiger partial charge is 0.262 e. The average Bonchev–Trinajstić information content (AvgIpc) is 2.53. The van der Waals surface area contributed by atoms with E-state index in [0.717, 1.165) is 22.8 Å². The molecule has 126 valence electrons. The molecular weight excluding hydrogens is 312 g/mol. The van der Waals surface area contributed by atoms with Gasteiger partial charge in [-0.2, -0.15) is 0 Å². The van der Waals surface area contributed by atoms with Crippen molar-refractivity contribution in [3.63, 3.8) is 0 Å². The molecule has 0 saturated heterocycles. The number of ether oxygens (including phenoxy) is 2. The maximum absolute atomic E-state index is 12.7. The molecule has 1 heterocycles. The van der Waals surface area contributed by atoms with Crippen LogP contribution in [-0.2, 0) is 16.0 Å². The summed E-state index contributed by atoms with van der Waals surface area (Å²) in [5.41, 5.74) is 0.757. The highest BCUT2D eigenvalue weighted by Crippen LogP contribution is 2.18. The van der Waals surface area contributed by atoms with Gasteiger partial charge in [-0.1, -0.05) is 23.9 Å². The number of thioether (sulfide) groups is 1. The number of aromatic nitrogens is 2. The van der Waals surface area contributed by atoms with Gasteiger partial charge in [0.15, 0.2) is 5.16 Å². The molecule has 0 aliphatic heterocycles. The van der Waals surface area contributed by atoms with E-state index in [-0.39, 0.29) is 11.7 Å². The van der Waals surface area contributed by atoms with Gasteiger partial charge in [0.1, 0.15) is 0 Å². The Bertz CT molecular complexity index is 685. The lowest BCUT2D eigenvalue weighted by Crippen LogP contribution is -2.24. The molecule has 1 aromatic heterocycles. The summed E-state index contributed by atoms with van der Waals surface area (Å²) in [4.78, 5) is 17.4. The number of methoxy groups -OCH3 is 1. The molecule has 5 nitrogen and oxygen atoms in total. The third-order valence-corrected chi connectivity index (χ3v) is 4.26. The van der Waals surface area contributed by atoms with Crippen LogP contribution in [0.3, 0.4) is 0 Å². The molecule has 1 aromatic carbocycles. The fourth-order valence-corrected chi connectivity index (χ4v) is 3.14. The lowest BCUT2D eigenvalue weighted by atomic mass is 10.2. The van der Waals surface area contributed by atoms with Crippen LogP contribution in [-0.4, -0.2) is 41.7 Å². The zero-order valence-electron chi connectivity index (χ0n) is 13.9. The minimum Gasteiger partial charge on any atom is -0.384 e. The second kappa shape index (κ2) is 9.05. The lowest BCUT2D eigenvalue weighted by Gasteiger charge is -2.13. The van der Waals surface area contributed by atoms with E-state index in [1.165, 1.54) is 0 Å². The Morgan fingerprint density at radius 1 is 1.26 bits per heavy atom. The fourth-order valence-electron chi connectivity index (χ4n) is 2.21. The molecular formula is C17H24N2O3S. The summed E-state index contributed by atoms with van der Waals surface area (Å²) in [5, 5.41) is 1.41. The summed E-state index contributed by atoms with van der Waals surface area (Å²) in [7, 11) is 1.67. The second-order valence-electron chi connectivity index (χ2n) is 5.48. The van der Waals surface area contributed by atoms with Gasteiger partial charge in [0.05, 0.1) is 23.6 Å². The van der Waals surface area contributed by atoms with Crippen molar-refractivity contribution in [1.29, 1.82) is 0 Å². The Balaban J connectivity index is 2.24. The predicted octanol–water partition coefficient (Wildman–Crippen LogP) is 2.95. The van der Waals surface area contributed by atoms with E-state index < -0.39 is 0 Å². The molecule has 2 aromatic rings. The maximum Gasteiger partial charge on any atom is 0.262 e. The second-order valence-corrected chi connectivity index (χ2v) is 6.54. The molecule has 0 fully saturated rings. The molecule has 0 aliphatic rings. The van der Waals surface area contributed by atoms with E-state index in [2.05, 4.69) is 4.98 Å². The first-order valence-corrected chi connectivity index (χ1v) is 8.85. The molecule has 6 heteroatoms. The molecule has 0 N–H and O–H groups in total. The molecule has 23 heavy (non-hydrogen) atoms. The van der Waals surface area contributed by atoms with E-state index in [1.54, 1.807) is 23.4 Å². The van der Waals surface area contributed by atoms with Gasteiger partial charge in [0.25, 0.3) is 5.56 Å². The highest BCUT2D eigenvalue weighted by Gasteiger charge is 2.11. The first-order chi connectivity index (χ1) is 11.1. The number of nitrogens with zero attached hydrogens (tertiary/aromatic N) is 2. The lowest BCUT2D eigenvalue weighted by molar-refractivity contribution is 0.0743. The van der Waals surface area contributed by atoms with Crippen LogP contribution in [0.25, 0.3) is 10.9 Å². The molecule has 0 spiro atoms. The summed E-state index contributed by atoms with van der Waals surface area (Å²) < 4.78 is 12.4. The van der Waals surface area contributed by atoms with E-state index in [1.807, 2.05) is 38.1 Å². The molecule has 0 saturated carbocycles. The predicted molar refractivity (Wildman–Crippen MR) is 94.3 cm³/mol. The van der Waals surface area contributed by atoms with Crippen LogP contribution in [0.15, 0.2) is 34.2 Å². The molecule has 0 atom stereocenters. The van der Waals surface area contributed by atoms with Gasteiger partial charge in [-0.15, -0.1) is 0 Å². The van der Waals surface area contributed by atoms with Gasteiger partial charge < -0.3 is 9.47 Å². The number of rotatable bonds is 9. The van der Waals surface area contributed by atoms with Crippen LogP contribution in [0.2, 0.25) is 0 Å². The monoisotopic (exact) mass is 336 g/mol. The molecule has 0 unspecified atom stereocenters. The van der Waals surface area contributed by atoms with E-state index >= 15 is 0 Å². The SMILES string of the molecule is COCCSc1nc2ccccc2c(=O)n1CCCOC(C)C. The summed E-state index contributed by atoms with van der Waals surface area (Å²) >= 11 is 1.55. The van der Waals surface area contributed by atoms with Crippen molar-refractivity contribution < 1.29 is 9.47 Å². The zero-order valence-corrected chi connectivity index (χ0v) is 14.8. The molecule has 0 radical (unpaired) electrons. The first-order valence-electron chi connectivity index (χ1n) is 7.86. The number of benzene rings is 1. The Hall–Kier alpha value is -1.37. The molecule has 0 bridgehead atoms. The Labute approximate surface area is 141 Å². The quantitative estimate of drug-likeness (QED) is 0.400. The Morgan fingerprint density at radius 2 is 2.04 bits per heavy atom. The number of hydrogen-bond acceptors (Lipinski definition) is 5. The molecule has 0 aliphatic carbocycles. The van der Waals surface area contributed by atoms with Crippen LogP contribution < -0.4 is 5.56 Å². The van der Waals surface area contributed by atoms with Crippen LogP contribution in [0, 0.1) is 0 Å². The number of para-hydroxylation sites is 1. The third-order valence-electron chi connectivity index (χ3n) is 3.32. The van der Waals surface area contributed by atoms with Crippen molar-refractivity contribution in [3.05, 3.63) is 34.6 Å². The van der Waals surface area contributed by atoms with Gasteiger partial charge in [0.2, 0.25) is 0 Å². The Kier molecular flexibility index (Phi) is 7.08. The van der Waals surface area contributed by atoms with Crippen LogP contribution >= 0.6 is 11.8 Å². The first kappa shape index (κ1) is 18.0. The largest absolute Gasteiger partial charge is 0.384 e. The van der Waals surface area contributed by atoms with Gasteiger partial charge in [0, 0.05) is 26.0 Å². The summed E-state index contributed by atoms with van der Waals surface area (Å²) in [6, 6.07) is 7.48. The van der Waals surface area contributed by atoms with Crippen molar-refractivity contribution in [2.75, 3.05) is 26.1 Å². The highest BCUT2D eigenvalue weighted by molar-refractivity contribution is 7.99. The normalized spacial score (nSPS) is 11.5. The van der Waals surface area contributed by atoms with Crippen molar-refractivity contribution in [2.24, 2.45) is 0 Å². The molecule has 0 amide bonds. The van der Waals surface area contributed by atoms with Crippen LogP contribution in [0.5, 0.6) is 0 Å². The number of hydrogen-bond donors (Lipinski definition) is 0. The summed E-state index contributed by atoms with van der Waals surface area (Å²) in [6.07, 6.45) is 0.993. The van der Waals surface area contributed by atoms with Gasteiger partial charge in [-0.3, -0.25) is 9.36 Å². The van der Waals surface area contributed by atoms with Crippen LogP contribution in [0.4, 0.5) is 0 Å². The van der Waals surface area contributed by atoms with Gasteiger partial charge >= 0.3 is 0 Å². The van der Waals surface area contributed by atoms with E-state index in [4.69, 9.17) is 9.47 Å². The van der Waals surface area contributed by atoms with Gasteiger partial charge in [-0.05, 0) is 32.4 Å². The fraction of sp³-hybridized carbons (Fsp3) is 0.529. The average molecular weight is 336 g/mol. The van der Waals surface area contributed by atoms with Crippen molar-refractivity contribution in [3.8, 4) is 0 Å². The standard InChI is InChI=1S/C17H24N2O3S/c1-13(2)22-10-6-9-19-16(20)14-7-4-5-8-15(14)18-17(19)23-12-11-21-3/h4-5,7-8,13H,6,9-12H2,1-3H3. The maximum atomic E-state index is 12.7. The van der Waals surface area contributed by atoms with Gasteiger partial charge in [-0.25, -0.2) is 4.98 Å². The summed E-state index contributed by atoms with van der Waals surface area (Å²) in [6.45, 7) is 5.90. The van der Waals surface area contributed by atoms with Crippen molar-refractivity contribution in [1.82, 2.24) is 9.55 Å². The van der Waals surface area contributed by atoms with E-state index in [0.29, 0.717) is 25.1 Å². The van der Waals surface area contributed by atoms with E-state index in [9.17, 15) is 4.79 Å². The van der Waals surface area contributed by atoms with Crippen molar-refractivity contribution >= 4 is 22.7 Å². The molecule has 2 rings (SSSR count). The van der Waals surface area contributed by atoms with Crippen LogP contribution in [0.1, 0.15) is 20.3 Å².